The maximum absolute atomic E-state index is 11.5. The van der Waals surface area contributed by atoms with Gasteiger partial charge in [-0.25, -0.2) is 0 Å². The molecule has 6 nitrogen and oxygen atoms in total. The molecule has 1 N–H and O–H groups in total. The summed E-state index contributed by atoms with van der Waals surface area (Å²) in [5.74, 6) is 3.00. The molecule has 5 heterocycles. The van der Waals surface area contributed by atoms with Crippen LogP contribution < -0.4 is 0 Å². The summed E-state index contributed by atoms with van der Waals surface area (Å²) in [5.41, 5.74) is -0.503. The number of hydrogen-bond acceptors (Lipinski definition) is 5. The number of aryl methyl sites for hydroxylation is 1. The molecule has 0 aromatic carbocycles. The Morgan fingerprint density at radius 1 is 0.857 bits per heavy atom. The zero-order valence-electron chi connectivity index (χ0n) is 17.4. The van der Waals surface area contributed by atoms with Gasteiger partial charge in [0.25, 0.3) is 0 Å². The van der Waals surface area contributed by atoms with Crippen LogP contribution in [-0.2, 0) is 13.0 Å². The SMILES string of the molecule is O[C@@]1(CN2CCC(c3nnc4n3CCCCC4)CC2)CCCN2CCCC[C@@H]21. The van der Waals surface area contributed by atoms with Gasteiger partial charge in [-0.3, -0.25) is 4.90 Å². The molecule has 3 fully saturated rings. The summed E-state index contributed by atoms with van der Waals surface area (Å²) in [6.07, 6.45) is 13.1. The van der Waals surface area contributed by atoms with Gasteiger partial charge in [0.15, 0.2) is 0 Å². The van der Waals surface area contributed by atoms with Crippen molar-refractivity contribution in [2.75, 3.05) is 32.7 Å². The van der Waals surface area contributed by atoms with Crippen molar-refractivity contribution in [1.82, 2.24) is 24.6 Å². The molecular formula is C22H37N5O. The lowest BCUT2D eigenvalue weighted by atomic mass is 9.79. The second kappa shape index (κ2) is 8.04. The summed E-state index contributed by atoms with van der Waals surface area (Å²) >= 11 is 0. The molecule has 6 heteroatoms. The molecule has 0 spiro atoms. The number of likely N-dealkylation sites (tertiary alicyclic amines) is 1. The van der Waals surface area contributed by atoms with E-state index in [0.717, 1.165) is 58.3 Å². The van der Waals surface area contributed by atoms with E-state index in [1.807, 2.05) is 0 Å². The standard InChI is InChI=1S/C22H37N5O/c28-22(11-6-13-26-12-5-3-7-19(22)26)17-25-15-9-18(10-16-25)21-24-23-20-8-2-1-4-14-27(20)21/h18-19,28H,1-17H2/t19-,22-/m1/s1. The molecule has 0 aliphatic carbocycles. The molecule has 0 radical (unpaired) electrons. The molecule has 0 bridgehead atoms. The molecule has 1 aromatic rings. The highest BCUT2D eigenvalue weighted by molar-refractivity contribution is 5.06. The minimum atomic E-state index is -0.503. The summed E-state index contributed by atoms with van der Waals surface area (Å²) in [6.45, 7) is 6.51. The zero-order chi connectivity index (χ0) is 19.0. The number of rotatable bonds is 3. The highest BCUT2D eigenvalue weighted by Gasteiger charge is 2.45. The van der Waals surface area contributed by atoms with Crippen LogP contribution in [0.4, 0.5) is 0 Å². The Labute approximate surface area is 169 Å². The van der Waals surface area contributed by atoms with E-state index in [1.165, 1.54) is 63.3 Å². The first-order valence-corrected chi connectivity index (χ1v) is 11.8. The highest BCUT2D eigenvalue weighted by Crippen LogP contribution is 2.36. The van der Waals surface area contributed by atoms with Crippen molar-refractivity contribution in [1.29, 1.82) is 0 Å². The first-order chi connectivity index (χ1) is 13.7. The third-order valence-electron chi connectivity index (χ3n) is 7.88. The van der Waals surface area contributed by atoms with Crippen molar-refractivity contribution >= 4 is 0 Å². The number of nitrogens with zero attached hydrogens (tertiary/aromatic N) is 5. The van der Waals surface area contributed by atoms with Gasteiger partial charge in [0, 0.05) is 31.5 Å². The molecule has 5 rings (SSSR count). The summed E-state index contributed by atoms with van der Waals surface area (Å²) in [7, 11) is 0. The quantitative estimate of drug-likeness (QED) is 0.864. The van der Waals surface area contributed by atoms with Crippen LogP contribution in [-0.4, -0.2) is 74.0 Å². The second-order valence-corrected chi connectivity index (χ2v) is 9.74. The summed E-state index contributed by atoms with van der Waals surface area (Å²) < 4.78 is 2.43. The van der Waals surface area contributed by atoms with Gasteiger partial charge in [0.05, 0.1) is 5.60 Å². The number of aromatic nitrogens is 3. The molecule has 4 aliphatic heterocycles. The third-order valence-corrected chi connectivity index (χ3v) is 7.88. The van der Waals surface area contributed by atoms with Crippen LogP contribution in [0.1, 0.15) is 81.8 Å². The summed E-state index contributed by atoms with van der Waals surface area (Å²) in [6, 6.07) is 0.389. The molecule has 3 saturated heterocycles. The van der Waals surface area contributed by atoms with Gasteiger partial charge >= 0.3 is 0 Å². The van der Waals surface area contributed by atoms with Crippen molar-refractivity contribution in [2.45, 2.75) is 94.7 Å². The number of piperidine rings is 3. The fraction of sp³-hybridized carbons (Fsp3) is 0.909. The lowest BCUT2D eigenvalue weighted by Crippen LogP contribution is -2.63. The number of hydrogen-bond donors (Lipinski definition) is 1. The Morgan fingerprint density at radius 3 is 2.57 bits per heavy atom. The van der Waals surface area contributed by atoms with Crippen molar-refractivity contribution in [3.63, 3.8) is 0 Å². The van der Waals surface area contributed by atoms with E-state index in [9.17, 15) is 5.11 Å². The van der Waals surface area contributed by atoms with Crippen LogP contribution >= 0.6 is 0 Å². The number of β-amino-alcohol motifs (C(OH)–C–C–N with tert-alkyl or cyclic N) is 1. The maximum atomic E-state index is 11.5. The molecule has 0 unspecified atom stereocenters. The average molecular weight is 388 g/mol. The smallest absolute Gasteiger partial charge is 0.136 e. The molecule has 0 amide bonds. The minimum Gasteiger partial charge on any atom is -0.387 e. The van der Waals surface area contributed by atoms with E-state index in [-0.39, 0.29) is 0 Å². The Hall–Kier alpha value is -0.980. The Bertz CT molecular complexity index is 666. The monoisotopic (exact) mass is 387 g/mol. The van der Waals surface area contributed by atoms with E-state index in [2.05, 4.69) is 24.6 Å². The Morgan fingerprint density at radius 2 is 1.68 bits per heavy atom. The van der Waals surface area contributed by atoms with Crippen molar-refractivity contribution in [3.8, 4) is 0 Å². The molecular weight excluding hydrogens is 350 g/mol. The van der Waals surface area contributed by atoms with E-state index < -0.39 is 5.60 Å². The maximum Gasteiger partial charge on any atom is 0.136 e. The van der Waals surface area contributed by atoms with Crippen molar-refractivity contribution < 1.29 is 5.11 Å². The highest BCUT2D eigenvalue weighted by atomic mass is 16.3. The lowest BCUT2D eigenvalue weighted by Gasteiger charge is -2.51. The van der Waals surface area contributed by atoms with Gasteiger partial charge < -0.3 is 14.6 Å². The van der Waals surface area contributed by atoms with Crippen LogP contribution in [0.25, 0.3) is 0 Å². The first kappa shape index (κ1) is 19.0. The molecule has 1 aromatic heterocycles. The Kier molecular flexibility index (Phi) is 5.46. The largest absolute Gasteiger partial charge is 0.387 e. The number of aliphatic hydroxyl groups is 1. The molecule has 2 atom stereocenters. The van der Waals surface area contributed by atoms with Crippen LogP contribution in [0.2, 0.25) is 0 Å². The van der Waals surface area contributed by atoms with Gasteiger partial charge in [0.1, 0.15) is 11.6 Å². The van der Waals surface area contributed by atoms with Gasteiger partial charge in [-0.15, -0.1) is 10.2 Å². The fourth-order valence-electron chi connectivity index (χ4n) is 6.35. The molecule has 4 aliphatic rings. The predicted molar refractivity (Wildman–Crippen MR) is 109 cm³/mol. The Balaban J connectivity index is 1.21. The molecule has 0 saturated carbocycles. The van der Waals surface area contributed by atoms with Crippen LogP contribution in [0.5, 0.6) is 0 Å². The molecule has 28 heavy (non-hydrogen) atoms. The first-order valence-electron chi connectivity index (χ1n) is 11.8. The van der Waals surface area contributed by atoms with E-state index in [0.29, 0.717) is 12.0 Å². The van der Waals surface area contributed by atoms with Gasteiger partial charge in [-0.1, -0.05) is 12.8 Å². The van der Waals surface area contributed by atoms with Crippen LogP contribution in [0.15, 0.2) is 0 Å². The van der Waals surface area contributed by atoms with Crippen LogP contribution in [0.3, 0.4) is 0 Å². The summed E-state index contributed by atoms with van der Waals surface area (Å²) in [5, 5.41) is 20.7. The van der Waals surface area contributed by atoms with E-state index >= 15 is 0 Å². The van der Waals surface area contributed by atoms with Crippen LogP contribution in [0, 0.1) is 0 Å². The topological polar surface area (TPSA) is 57.4 Å². The fourth-order valence-corrected chi connectivity index (χ4v) is 6.35. The van der Waals surface area contributed by atoms with Crippen molar-refractivity contribution in [2.24, 2.45) is 0 Å². The lowest BCUT2D eigenvalue weighted by molar-refractivity contribution is -0.111. The summed E-state index contributed by atoms with van der Waals surface area (Å²) in [4.78, 5) is 5.11. The zero-order valence-corrected chi connectivity index (χ0v) is 17.4. The molecule has 156 valence electrons. The second-order valence-electron chi connectivity index (χ2n) is 9.74. The van der Waals surface area contributed by atoms with Crippen molar-refractivity contribution in [3.05, 3.63) is 11.6 Å². The van der Waals surface area contributed by atoms with E-state index in [1.54, 1.807) is 0 Å². The minimum absolute atomic E-state index is 0.389. The average Bonchev–Trinajstić information content (AvgIpc) is 2.97. The third kappa shape index (κ3) is 3.63. The van der Waals surface area contributed by atoms with E-state index in [4.69, 9.17) is 0 Å². The predicted octanol–water partition coefficient (Wildman–Crippen LogP) is 2.56. The number of fused-ring (bicyclic) bond motifs is 2. The van der Waals surface area contributed by atoms with Gasteiger partial charge in [0.2, 0.25) is 0 Å². The van der Waals surface area contributed by atoms with Gasteiger partial charge in [-0.2, -0.15) is 0 Å². The normalized spacial score (nSPS) is 33.2. The van der Waals surface area contributed by atoms with Gasteiger partial charge in [-0.05, 0) is 77.5 Å².